The molecule has 0 aliphatic rings. The molecule has 0 saturated carbocycles. The van der Waals surface area contributed by atoms with Crippen molar-refractivity contribution in [3.8, 4) is 5.75 Å². The number of phenols is 1. The van der Waals surface area contributed by atoms with E-state index in [1.165, 1.54) is 0 Å². The van der Waals surface area contributed by atoms with Gasteiger partial charge in [0.1, 0.15) is 11.9 Å². The fraction of sp³-hybridized carbons (Fsp3) is 0.200. The summed E-state index contributed by atoms with van der Waals surface area (Å²) in [5, 5.41) is 14.0. The topological polar surface area (TPSA) is 78.4 Å². The molecule has 5 nitrogen and oxygen atoms in total. The molecule has 0 unspecified atom stereocenters. The van der Waals surface area contributed by atoms with E-state index >= 15 is 0 Å². The molecular weight excluding hydrogens is 196 g/mol. The molecule has 1 aromatic carbocycles. The third kappa shape index (κ3) is 3.68. The van der Waals surface area contributed by atoms with Crippen molar-refractivity contribution in [2.45, 2.75) is 12.6 Å². The third-order valence-corrected chi connectivity index (χ3v) is 1.91. The Hall–Kier alpha value is -2.04. The second-order valence-corrected chi connectivity index (χ2v) is 2.99. The van der Waals surface area contributed by atoms with Crippen LogP contribution in [-0.2, 0) is 16.0 Å². The van der Waals surface area contributed by atoms with E-state index in [2.05, 4.69) is 10.6 Å². The molecule has 0 radical (unpaired) electrons. The van der Waals surface area contributed by atoms with Crippen molar-refractivity contribution in [1.29, 1.82) is 0 Å². The number of nitrogens with one attached hydrogen (secondary N) is 2. The van der Waals surface area contributed by atoms with E-state index in [1.807, 2.05) is 0 Å². The summed E-state index contributed by atoms with van der Waals surface area (Å²) < 4.78 is 0. The maximum absolute atomic E-state index is 10.2. The first-order valence-electron chi connectivity index (χ1n) is 4.43. The van der Waals surface area contributed by atoms with Crippen LogP contribution in [0.5, 0.6) is 5.75 Å². The van der Waals surface area contributed by atoms with Gasteiger partial charge in [0.05, 0.1) is 0 Å². The number of carbonyl (C=O) groups is 2. The Labute approximate surface area is 87.1 Å². The van der Waals surface area contributed by atoms with Crippen LogP contribution < -0.4 is 10.6 Å². The Balaban J connectivity index is 2.60. The summed E-state index contributed by atoms with van der Waals surface area (Å²) in [5.74, 6) is 0.182. The molecule has 0 bridgehead atoms. The smallest absolute Gasteiger partial charge is 0.208 e. The Morgan fingerprint density at radius 2 is 1.67 bits per heavy atom. The zero-order valence-corrected chi connectivity index (χ0v) is 8.01. The first-order chi connectivity index (χ1) is 7.26. The van der Waals surface area contributed by atoms with E-state index in [1.54, 1.807) is 24.3 Å². The number of hydrogen-bond acceptors (Lipinski definition) is 3. The number of benzene rings is 1. The van der Waals surface area contributed by atoms with E-state index < -0.39 is 6.17 Å². The number of hydrogen-bond donors (Lipinski definition) is 3. The summed E-state index contributed by atoms with van der Waals surface area (Å²) in [5.41, 5.74) is 0.904. The van der Waals surface area contributed by atoms with Crippen molar-refractivity contribution < 1.29 is 14.7 Å². The lowest BCUT2D eigenvalue weighted by Crippen LogP contribution is -2.42. The molecule has 0 spiro atoms. The van der Waals surface area contributed by atoms with Crippen molar-refractivity contribution in [1.82, 2.24) is 10.6 Å². The van der Waals surface area contributed by atoms with Gasteiger partial charge in [-0.2, -0.15) is 0 Å². The molecule has 1 aromatic rings. The molecule has 0 saturated heterocycles. The highest BCUT2D eigenvalue weighted by molar-refractivity contribution is 5.51. The molecule has 1 rings (SSSR count). The minimum Gasteiger partial charge on any atom is -0.508 e. The molecule has 0 aromatic heterocycles. The second kappa shape index (κ2) is 5.64. The average Bonchev–Trinajstić information content (AvgIpc) is 2.22. The summed E-state index contributed by atoms with van der Waals surface area (Å²) in [6.45, 7) is 0. The van der Waals surface area contributed by atoms with Crippen LogP contribution in [0.2, 0.25) is 0 Å². The maximum atomic E-state index is 10.2. The highest BCUT2D eigenvalue weighted by Crippen LogP contribution is 2.10. The van der Waals surface area contributed by atoms with Crippen LogP contribution >= 0.6 is 0 Å². The van der Waals surface area contributed by atoms with Gasteiger partial charge >= 0.3 is 0 Å². The highest BCUT2D eigenvalue weighted by Gasteiger charge is 2.06. The van der Waals surface area contributed by atoms with Crippen LogP contribution in [0.1, 0.15) is 5.56 Å². The number of aromatic hydroxyl groups is 1. The van der Waals surface area contributed by atoms with Gasteiger partial charge in [-0.1, -0.05) is 12.1 Å². The zero-order valence-electron chi connectivity index (χ0n) is 8.01. The van der Waals surface area contributed by atoms with Crippen LogP contribution in [-0.4, -0.2) is 24.1 Å². The van der Waals surface area contributed by atoms with Gasteiger partial charge in [0.2, 0.25) is 12.8 Å². The molecule has 0 aliphatic carbocycles. The van der Waals surface area contributed by atoms with Gasteiger partial charge in [-0.05, 0) is 17.7 Å². The SMILES string of the molecule is O=CNC(Cc1ccc(O)cc1)NC=O. The minimum atomic E-state index is -0.426. The predicted molar refractivity (Wildman–Crippen MR) is 54.0 cm³/mol. The van der Waals surface area contributed by atoms with Gasteiger partial charge < -0.3 is 15.7 Å². The maximum Gasteiger partial charge on any atom is 0.208 e. The molecule has 3 N–H and O–H groups in total. The van der Waals surface area contributed by atoms with Crippen LogP contribution in [0.15, 0.2) is 24.3 Å². The van der Waals surface area contributed by atoms with Crippen LogP contribution in [0.3, 0.4) is 0 Å². The summed E-state index contributed by atoms with van der Waals surface area (Å²) in [7, 11) is 0. The molecular formula is C10H12N2O3. The first kappa shape index (κ1) is 11.0. The monoisotopic (exact) mass is 208 g/mol. The van der Waals surface area contributed by atoms with Crippen LogP contribution in [0.25, 0.3) is 0 Å². The van der Waals surface area contributed by atoms with Gasteiger partial charge in [0.25, 0.3) is 0 Å². The fourth-order valence-electron chi connectivity index (χ4n) is 1.20. The van der Waals surface area contributed by atoms with Crippen molar-refractivity contribution in [2.75, 3.05) is 0 Å². The van der Waals surface area contributed by atoms with Crippen LogP contribution in [0, 0.1) is 0 Å². The Morgan fingerprint density at radius 3 is 2.13 bits per heavy atom. The summed E-state index contributed by atoms with van der Waals surface area (Å²) in [6, 6.07) is 6.55. The molecule has 0 heterocycles. The van der Waals surface area contributed by atoms with E-state index in [0.717, 1.165) is 5.56 Å². The second-order valence-electron chi connectivity index (χ2n) is 2.99. The summed E-state index contributed by atoms with van der Waals surface area (Å²) in [6.07, 6.45) is 1.10. The third-order valence-electron chi connectivity index (χ3n) is 1.91. The lowest BCUT2D eigenvalue weighted by molar-refractivity contribution is -0.112. The Morgan fingerprint density at radius 1 is 1.13 bits per heavy atom. The molecule has 80 valence electrons. The van der Waals surface area contributed by atoms with Gasteiger partial charge in [0.15, 0.2) is 0 Å². The van der Waals surface area contributed by atoms with Gasteiger partial charge in [-0.3, -0.25) is 9.59 Å². The quantitative estimate of drug-likeness (QED) is 0.445. The molecule has 15 heavy (non-hydrogen) atoms. The summed E-state index contributed by atoms with van der Waals surface area (Å²) >= 11 is 0. The van der Waals surface area contributed by atoms with E-state index in [-0.39, 0.29) is 5.75 Å². The number of rotatable bonds is 6. The van der Waals surface area contributed by atoms with E-state index in [4.69, 9.17) is 5.11 Å². The molecule has 0 fully saturated rings. The van der Waals surface area contributed by atoms with Crippen molar-refractivity contribution in [3.63, 3.8) is 0 Å². The average molecular weight is 208 g/mol. The van der Waals surface area contributed by atoms with Crippen LogP contribution in [0.4, 0.5) is 0 Å². The fourth-order valence-corrected chi connectivity index (χ4v) is 1.20. The summed E-state index contributed by atoms with van der Waals surface area (Å²) in [4.78, 5) is 20.5. The number of amides is 2. The highest BCUT2D eigenvalue weighted by atomic mass is 16.3. The van der Waals surface area contributed by atoms with Crippen molar-refractivity contribution >= 4 is 12.8 Å². The predicted octanol–water partition coefficient (Wildman–Crippen LogP) is -0.247. The number of phenolic OH excluding ortho intramolecular Hbond substituents is 1. The van der Waals surface area contributed by atoms with Crippen molar-refractivity contribution in [3.05, 3.63) is 29.8 Å². The Kier molecular flexibility index (Phi) is 4.15. The largest absolute Gasteiger partial charge is 0.508 e. The van der Waals surface area contributed by atoms with Gasteiger partial charge in [0, 0.05) is 6.42 Å². The molecule has 0 aliphatic heterocycles. The molecule has 2 amide bonds. The Bertz CT molecular complexity index is 314. The van der Waals surface area contributed by atoms with Gasteiger partial charge in [-0.25, -0.2) is 0 Å². The normalized spacial score (nSPS) is 9.67. The minimum absolute atomic E-state index is 0.182. The van der Waals surface area contributed by atoms with Crippen molar-refractivity contribution in [2.24, 2.45) is 0 Å². The van der Waals surface area contributed by atoms with Gasteiger partial charge in [-0.15, -0.1) is 0 Å². The lowest BCUT2D eigenvalue weighted by atomic mass is 10.1. The molecule has 0 atom stereocenters. The number of carbonyl (C=O) groups excluding carboxylic acids is 2. The first-order valence-corrected chi connectivity index (χ1v) is 4.43. The van der Waals surface area contributed by atoms with E-state index in [9.17, 15) is 9.59 Å². The standard InChI is InChI=1S/C10H12N2O3/c13-6-11-10(12-7-14)5-8-1-3-9(15)4-2-8/h1-4,6-7,10,15H,5H2,(H,11,13)(H,12,14). The molecule has 5 heteroatoms. The lowest BCUT2D eigenvalue weighted by Gasteiger charge is -2.14. The van der Waals surface area contributed by atoms with E-state index in [0.29, 0.717) is 19.2 Å². The zero-order chi connectivity index (χ0) is 11.1.